The van der Waals surface area contributed by atoms with Crippen molar-refractivity contribution in [3.8, 4) is 16.9 Å². The molecule has 1 amide bonds. The predicted molar refractivity (Wildman–Crippen MR) is 105 cm³/mol. The van der Waals surface area contributed by atoms with E-state index in [0.717, 1.165) is 29.9 Å². The highest BCUT2D eigenvalue weighted by molar-refractivity contribution is 5.95. The van der Waals surface area contributed by atoms with Crippen molar-refractivity contribution in [1.82, 2.24) is 9.80 Å². The Labute approximate surface area is 160 Å². The zero-order chi connectivity index (χ0) is 19.0. The Morgan fingerprint density at radius 2 is 2.04 bits per heavy atom. The van der Waals surface area contributed by atoms with E-state index in [1.54, 1.807) is 4.90 Å². The smallest absolute Gasteiger partial charge is 0.253 e. The number of rotatable bonds is 4. The highest BCUT2D eigenvalue weighted by atomic mass is 16.5. The first kappa shape index (κ1) is 18.0. The highest BCUT2D eigenvalue weighted by Crippen LogP contribution is 2.32. The molecule has 1 fully saturated rings. The number of benzene rings is 2. The SMILES string of the molecule is CN(C)C[C@]1(O)CCN(C(=O)c2cccc(-c3ccc4c(c3)OCC4)c2)C1. The summed E-state index contributed by atoms with van der Waals surface area (Å²) in [6.07, 6.45) is 1.57. The summed E-state index contributed by atoms with van der Waals surface area (Å²) in [5.74, 6) is 0.918. The molecule has 5 nitrogen and oxygen atoms in total. The topological polar surface area (TPSA) is 53.0 Å². The number of ether oxygens (including phenoxy) is 1. The number of fused-ring (bicyclic) bond motifs is 1. The van der Waals surface area contributed by atoms with Crippen LogP contribution in [-0.4, -0.2) is 66.8 Å². The molecule has 2 aromatic rings. The van der Waals surface area contributed by atoms with Crippen LogP contribution in [0, 0.1) is 0 Å². The molecule has 5 heteroatoms. The van der Waals surface area contributed by atoms with Gasteiger partial charge in [0, 0.05) is 25.1 Å². The quantitative estimate of drug-likeness (QED) is 0.903. The van der Waals surface area contributed by atoms with Crippen molar-refractivity contribution >= 4 is 5.91 Å². The minimum absolute atomic E-state index is 0.0241. The Hall–Kier alpha value is -2.37. The van der Waals surface area contributed by atoms with Crippen molar-refractivity contribution in [3.05, 3.63) is 53.6 Å². The zero-order valence-electron chi connectivity index (χ0n) is 15.9. The van der Waals surface area contributed by atoms with Gasteiger partial charge in [-0.05, 0) is 55.4 Å². The van der Waals surface area contributed by atoms with Crippen LogP contribution in [-0.2, 0) is 6.42 Å². The summed E-state index contributed by atoms with van der Waals surface area (Å²) in [5.41, 5.74) is 3.12. The van der Waals surface area contributed by atoms with Gasteiger partial charge >= 0.3 is 0 Å². The van der Waals surface area contributed by atoms with Crippen molar-refractivity contribution in [1.29, 1.82) is 0 Å². The molecule has 142 valence electrons. The van der Waals surface area contributed by atoms with Crippen molar-refractivity contribution < 1.29 is 14.6 Å². The maximum absolute atomic E-state index is 13.0. The second kappa shape index (κ2) is 6.98. The van der Waals surface area contributed by atoms with E-state index >= 15 is 0 Å². The van der Waals surface area contributed by atoms with Gasteiger partial charge in [-0.3, -0.25) is 4.79 Å². The number of β-amino-alcohol motifs (C(OH)–C–C–N with tert-alkyl or cyclic N) is 1. The fourth-order valence-corrected chi connectivity index (χ4v) is 4.11. The van der Waals surface area contributed by atoms with Crippen molar-refractivity contribution in [2.24, 2.45) is 0 Å². The maximum atomic E-state index is 13.0. The number of hydrogen-bond acceptors (Lipinski definition) is 4. The van der Waals surface area contributed by atoms with Crippen LogP contribution >= 0.6 is 0 Å². The third kappa shape index (κ3) is 3.70. The number of carbonyl (C=O) groups is 1. The summed E-state index contributed by atoms with van der Waals surface area (Å²) in [4.78, 5) is 16.7. The van der Waals surface area contributed by atoms with Crippen molar-refractivity contribution in [2.45, 2.75) is 18.4 Å². The average Bonchev–Trinajstić information content (AvgIpc) is 3.26. The molecular weight excluding hydrogens is 340 g/mol. The van der Waals surface area contributed by atoms with Gasteiger partial charge in [0.2, 0.25) is 0 Å². The van der Waals surface area contributed by atoms with Crippen LogP contribution in [0.4, 0.5) is 0 Å². The molecule has 0 radical (unpaired) electrons. The first-order valence-electron chi connectivity index (χ1n) is 9.46. The van der Waals surface area contributed by atoms with Crippen LogP contribution in [0.25, 0.3) is 11.1 Å². The summed E-state index contributed by atoms with van der Waals surface area (Å²) < 4.78 is 5.67. The van der Waals surface area contributed by atoms with Crippen LogP contribution < -0.4 is 4.74 Å². The highest BCUT2D eigenvalue weighted by Gasteiger charge is 2.38. The van der Waals surface area contributed by atoms with Gasteiger partial charge in [0.1, 0.15) is 5.75 Å². The lowest BCUT2D eigenvalue weighted by Gasteiger charge is -2.26. The first-order valence-corrected chi connectivity index (χ1v) is 9.46. The first-order chi connectivity index (χ1) is 12.9. The largest absolute Gasteiger partial charge is 0.493 e. The Morgan fingerprint density at radius 1 is 1.22 bits per heavy atom. The summed E-state index contributed by atoms with van der Waals surface area (Å²) in [6.45, 7) is 2.26. The van der Waals surface area contributed by atoms with Crippen LogP contribution in [0.3, 0.4) is 0 Å². The van der Waals surface area contributed by atoms with E-state index in [4.69, 9.17) is 4.74 Å². The lowest BCUT2D eigenvalue weighted by molar-refractivity contribution is 0.0236. The molecular formula is C22H26N2O3. The van der Waals surface area contributed by atoms with Gasteiger partial charge in [0.05, 0.1) is 18.8 Å². The Balaban J connectivity index is 1.53. The number of nitrogens with zero attached hydrogens (tertiary/aromatic N) is 2. The second-order valence-corrected chi connectivity index (χ2v) is 7.94. The van der Waals surface area contributed by atoms with Crippen LogP contribution in [0.2, 0.25) is 0 Å². The molecule has 0 aliphatic carbocycles. The Bertz CT molecular complexity index is 864. The molecule has 1 saturated heterocycles. The van der Waals surface area contributed by atoms with Gasteiger partial charge in [-0.15, -0.1) is 0 Å². The zero-order valence-corrected chi connectivity index (χ0v) is 15.9. The van der Waals surface area contributed by atoms with Crippen LogP contribution in [0.15, 0.2) is 42.5 Å². The number of likely N-dealkylation sites (N-methyl/N-ethyl adjacent to an activating group) is 1. The van der Waals surface area contributed by atoms with Crippen LogP contribution in [0.1, 0.15) is 22.3 Å². The van der Waals surface area contributed by atoms with E-state index in [-0.39, 0.29) is 5.91 Å². The van der Waals surface area contributed by atoms with Gasteiger partial charge in [0.15, 0.2) is 0 Å². The molecule has 2 aromatic carbocycles. The van der Waals surface area contributed by atoms with Crippen molar-refractivity contribution in [3.63, 3.8) is 0 Å². The molecule has 0 spiro atoms. The second-order valence-electron chi connectivity index (χ2n) is 7.94. The number of hydrogen-bond donors (Lipinski definition) is 1. The van der Waals surface area contributed by atoms with E-state index in [1.807, 2.05) is 43.3 Å². The number of likely N-dealkylation sites (tertiary alicyclic amines) is 1. The molecule has 4 rings (SSSR count). The minimum Gasteiger partial charge on any atom is -0.493 e. The summed E-state index contributed by atoms with van der Waals surface area (Å²) in [6, 6.07) is 14.0. The van der Waals surface area contributed by atoms with E-state index in [1.165, 1.54) is 5.56 Å². The minimum atomic E-state index is -0.825. The molecule has 2 heterocycles. The summed E-state index contributed by atoms with van der Waals surface area (Å²) in [7, 11) is 3.87. The normalized spacial score (nSPS) is 21.4. The van der Waals surface area contributed by atoms with E-state index in [9.17, 15) is 9.90 Å². The van der Waals surface area contributed by atoms with E-state index in [0.29, 0.717) is 31.6 Å². The molecule has 0 aromatic heterocycles. The summed E-state index contributed by atoms with van der Waals surface area (Å²) in [5, 5.41) is 10.7. The molecule has 0 unspecified atom stereocenters. The number of aliphatic hydroxyl groups is 1. The molecule has 0 saturated carbocycles. The third-order valence-corrected chi connectivity index (χ3v) is 5.37. The predicted octanol–water partition coefficient (Wildman–Crippen LogP) is 2.43. The third-order valence-electron chi connectivity index (χ3n) is 5.37. The standard InChI is InChI=1S/C22H26N2O3/c1-23(2)14-22(26)9-10-24(15-22)21(25)19-5-3-4-17(12-19)18-7-6-16-8-11-27-20(16)13-18/h3-7,12-13,26H,8-11,14-15H2,1-2H3/t22-/m1/s1. The number of amides is 1. The molecule has 27 heavy (non-hydrogen) atoms. The average molecular weight is 366 g/mol. The summed E-state index contributed by atoms with van der Waals surface area (Å²) >= 11 is 0. The van der Waals surface area contributed by atoms with Gasteiger partial charge in [-0.2, -0.15) is 0 Å². The van der Waals surface area contributed by atoms with E-state index < -0.39 is 5.60 Å². The fourth-order valence-electron chi connectivity index (χ4n) is 4.11. The lowest BCUT2D eigenvalue weighted by atomic mass is 10.0. The Kier molecular flexibility index (Phi) is 4.66. The van der Waals surface area contributed by atoms with Gasteiger partial charge in [0.25, 0.3) is 5.91 Å². The van der Waals surface area contributed by atoms with Gasteiger partial charge in [-0.25, -0.2) is 0 Å². The lowest BCUT2D eigenvalue weighted by Crippen LogP contribution is -2.43. The van der Waals surface area contributed by atoms with E-state index in [2.05, 4.69) is 18.2 Å². The molecule has 1 atom stereocenters. The molecule has 0 bridgehead atoms. The van der Waals surface area contributed by atoms with Crippen LogP contribution in [0.5, 0.6) is 5.75 Å². The molecule has 2 aliphatic rings. The molecule has 1 N–H and O–H groups in total. The Morgan fingerprint density at radius 3 is 2.85 bits per heavy atom. The number of carbonyl (C=O) groups excluding carboxylic acids is 1. The van der Waals surface area contributed by atoms with Gasteiger partial charge < -0.3 is 19.6 Å². The van der Waals surface area contributed by atoms with Gasteiger partial charge in [-0.1, -0.05) is 24.3 Å². The fraction of sp³-hybridized carbons (Fsp3) is 0.409. The monoisotopic (exact) mass is 366 g/mol. The maximum Gasteiger partial charge on any atom is 0.253 e. The van der Waals surface area contributed by atoms with Crippen molar-refractivity contribution in [2.75, 3.05) is 40.3 Å². The molecule has 2 aliphatic heterocycles.